The largest absolute Gasteiger partial charge is 0.419 e. The zero-order chi connectivity index (χ0) is 14.0. The molecule has 1 aliphatic heterocycles. The van der Waals surface area contributed by atoms with Crippen LogP contribution in [0.25, 0.3) is 0 Å². The van der Waals surface area contributed by atoms with Gasteiger partial charge in [-0.05, 0) is 43.0 Å². The van der Waals surface area contributed by atoms with Gasteiger partial charge in [-0.2, -0.15) is 13.2 Å². The number of rotatable bonds is 2. The first-order valence-electron chi connectivity index (χ1n) is 6.51. The molecule has 1 saturated heterocycles. The molecule has 1 nitrogen and oxygen atoms in total. The van der Waals surface area contributed by atoms with Crippen LogP contribution < -0.4 is 5.32 Å². The molecule has 2 rings (SSSR count). The molecule has 2 atom stereocenters. The van der Waals surface area contributed by atoms with E-state index in [1.54, 1.807) is 0 Å². The molecular weight excluding hydrogens is 258 g/mol. The zero-order valence-corrected chi connectivity index (χ0v) is 10.7. The van der Waals surface area contributed by atoms with E-state index in [-0.39, 0.29) is 6.04 Å². The zero-order valence-electron chi connectivity index (χ0n) is 10.7. The lowest BCUT2D eigenvalue weighted by Gasteiger charge is -2.30. The van der Waals surface area contributed by atoms with Gasteiger partial charge in [0.15, 0.2) is 0 Å². The lowest BCUT2D eigenvalue weighted by Crippen LogP contribution is -2.31. The Morgan fingerprint density at radius 3 is 2.68 bits per heavy atom. The van der Waals surface area contributed by atoms with Gasteiger partial charge in [0, 0.05) is 6.04 Å². The van der Waals surface area contributed by atoms with Crippen LogP contribution in [-0.2, 0) is 6.18 Å². The minimum Gasteiger partial charge on any atom is -0.310 e. The van der Waals surface area contributed by atoms with Crippen LogP contribution in [-0.4, -0.2) is 6.54 Å². The van der Waals surface area contributed by atoms with E-state index in [1.165, 1.54) is 6.07 Å². The smallest absolute Gasteiger partial charge is 0.310 e. The third-order valence-electron chi connectivity index (χ3n) is 3.79. The second-order valence-electron chi connectivity index (χ2n) is 5.04. The van der Waals surface area contributed by atoms with Gasteiger partial charge in [-0.15, -0.1) is 0 Å². The van der Waals surface area contributed by atoms with Gasteiger partial charge in [0.25, 0.3) is 0 Å². The Kier molecular flexibility index (Phi) is 4.13. The highest BCUT2D eigenvalue weighted by molar-refractivity contribution is 5.29. The second kappa shape index (κ2) is 5.49. The van der Waals surface area contributed by atoms with E-state index >= 15 is 0 Å². The Bertz CT molecular complexity index is 442. The number of hydrogen-bond acceptors (Lipinski definition) is 1. The van der Waals surface area contributed by atoms with Crippen LogP contribution in [0.5, 0.6) is 0 Å². The van der Waals surface area contributed by atoms with Crippen molar-refractivity contribution in [2.45, 2.75) is 38.4 Å². The molecule has 0 aliphatic carbocycles. The lowest BCUT2D eigenvalue weighted by molar-refractivity contribution is -0.140. The maximum atomic E-state index is 13.2. The Balaban J connectivity index is 2.25. The third kappa shape index (κ3) is 3.26. The summed E-state index contributed by atoms with van der Waals surface area (Å²) < 4.78 is 51.3. The Morgan fingerprint density at radius 2 is 2.05 bits per heavy atom. The van der Waals surface area contributed by atoms with E-state index < -0.39 is 17.6 Å². The lowest BCUT2D eigenvalue weighted by atomic mass is 9.87. The molecule has 0 spiro atoms. The van der Waals surface area contributed by atoms with Crippen LogP contribution in [0, 0.1) is 11.7 Å². The van der Waals surface area contributed by atoms with Gasteiger partial charge in [-0.3, -0.25) is 0 Å². The fourth-order valence-electron chi connectivity index (χ4n) is 2.60. The molecule has 19 heavy (non-hydrogen) atoms. The predicted molar refractivity (Wildman–Crippen MR) is 65.2 cm³/mol. The van der Waals surface area contributed by atoms with Crippen LogP contribution >= 0.6 is 0 Å². The molecule has 0 saturated carbocycles. The average Bonchev–Trinajstić information content (AvgIpc) is 2.38. The van der Waals surface area contributed by atoms with Crippen molar-refractivity contribution in [3.63, 3.8) is 0 Å². The summed E-state index contributed by atoms with van der Waals surface area (Å²) in [6.45, 7) is 2.88. The monoisotopic (exact) mass is 275 g/mol. The van der Waals surface area contributed by atoms with E-state index in [0.29, 0.717) is 11.5 Å². The van der Waals surface area contributed by atoms with Gasteiger partial charge >= 0.3 is 6.18 Å². The summed E-state index contributed by atoms with van der Waals surface area (Å²) >= 11 is 0. The molecular formula is C14H17F4N. The van der Waals surface area contributed by atoms with Crippen molar-refractivity contribution in [3.8, 4) is 0 Å². The second-order valence-corrected chi connectivity index (χ2v) is 5.04. The minimum atomic E-state index is -4.64. The standard InChI is InChI=1S/C14H17F4N/c1-2-9-5-6-19-13(7-9)10-3-4-12(15)11(8-10)14(16,17)18/h3-4,8-9,13,19H,2,5-7H2,1H3. The van der Waals surface area contributed by atoms with E-state index in [4.69, 9.17) is 0 Å². The number of halogens is 4. The summed E-state index contributed by atoms with van der Waals surface area (Å²) in [5.74, 6) is -0.690. The van der Waals surface area contributed by atoms with Crippen molar-refractivity contribution in [1.82, 2.24) is 5.32 Å². The molecule has 1 aliphatic rings. The summed E-state index contributed by atoms with van der Waals surface area (Å²) in [5.41, 5.74) is -0.655. The van der Waals surface area contributed by atoms with Crippen molar-refractivity contribution >= 4 is 0 Å². The third-order valence-corrected chi connectivity index (χ3v) is 3.79. The Labute approximate surface area is 110 Å². The first kappa shape index (κ1) is 14.3. The maximum absolute atomic E-state index is 13.2. The molecule has 0 bridgehead atoms. The molecule has 106 valence electrons. The molecule has 5 heteroatoms. The number of benzene rings is 1. The summed E-state index contributed by atoms with van der Waals surface area (Å²) in [7, 11) is 0. The highest BCUT2D eigenvalue weighted by atomic mass is 19.4. The average molecular weight is 275 g/mol. The van der Waals surface area contributed by atoms with Crippen LogP contribution in [0.4, 0.5) is 17.6 Å². The first-order chi connectivity index (χ1) is 8.91. The Hall–Kier alpha value is -1.10. The van der Waals surface area contributed by atoms with Gasteiger partial charge in [-0.25, -0.2) is 4.39 Å². The summed E-state index contributed by atoms with van der Waals surface area (Å²) in [6, 6.07) is 3.18. The summed E-state index contributed by atoms with van der Waals surface area (Å²) in [6.07, 6.45) is -1.77. The van der Waals surface area contributed by atoms with Crippen molar-refractivity contribution in [2.75, 3.05) is 6.54 Å². The van der Waals surface area contributed by atoms with Crippen molar-refractivity contribution < 1.29 is 17.6 Å². The van der Waals surface area contributed by atoms with Crippen LogP contribution in [0.1, 0.15) is 43.4 Å². The van der Waals surface area contributed by atoms with E-state index in [2.05, 4.69) is 12.2 Å². The molecule has 1 aromatic carbocycles. The van der Waals surface area contributed by atoms with Crippen molar-refractivity contribution in [2.24, 2.45) is 5.92 Å². The predicted octanol–water partition coefficient (Wildman–Crippen LogP) is 4.30. The number of hydrogen-bond donors (Lipinski definition) is 1. The number of alkyl halides is 3. The number of nitrogens with one attached hydrogen (secondary N) is 1. The quantitative estimate of drug-likeness (QED) is 0.794. The SMILES string of the molecule is CCC1CCNC(c2ccc(F)c(C(F)(F)F)c2)C1. The topological polar surface area (TPSA) is 12.0 Å². The molecule has 0 aromatic heterocycles. The molecule has 0 radical (unpaired) electrons. The van der Waals surface area contributed by atoms with Crippen LogP contribution in [0.15, 0.2) is 18.2 Å². The van der Waals surface area contributed by atoms with Gasteiger partial charge < -0.3 is 5.32 Å². The molecule has 1 fully saturated rings. The molecule has 1 aromatic rings. The molecule has 0 amide bonds. The fraction of sp³-hybridized carbons (Fsp3) is 0.571. The summed E-state index contributed by atoms with van der Waals surface area (Å²) in [5, 5.41) is 3.21. The molecule has 1 N–H and O–H groups in total. The fourth-order valence-corrected chi connectivity index (χ4v) is 2.60. The normalized spacial score (nSPS) is 24.5. The van der Waals surface area contributed by atoms with Crippen molar-refractivity contribution in [1.29, 1.82) is 0 Å². The minimum absolute atomic E-state index is 0.111. The summed E-state index contributed by atoms with van der Waals surface area (Å²) in [4.78, 5) is 0. The van der Waals surface area contributed by atoms with Crippen molar-refractivity contribution in [3.05, 3.63) is 35.1 Å². The van der Waals surface area contributed by atoms with E-state index in [0.717, 1.165) is 37.9 Å². The van der Waals surface area contributed by atoms with Gasteiger partial charge in [0.2, 0.25) is 0 Å². The highest BCUT2D eigenvalue weighted by Gasteiger charge is 2.35. The van der Waals surface area contributed by atoms with E-state index in [1.807, 2.05) is 0 Å². The van der Waals surface area contributed by atoms with Crippen LogP contribution in [0.2, 0.25) is 0 Å². The Morgan fingerprint density at radius 1 is 1.32 bits per heavy atom. The van der Waals surface area contributed by atoms with Gasteiger partial charge in [0.05, 0.1) is 5.56 Å². The highest BCUT2D eigenvalue weighted by Crippen LogP contribution is 2.35. The maximum Gasteiger partial charge on any atom is 0.419 e. The first-order valence-corrected chi connectivity index (χ1v) is 6.51. The van der Waals surface area contributed by atoms with E-state index in [9.17, 15) is 17.6 Å². The number of piperidine rings is 1. The molecule has 1 heterocycles. The van der Waals surface area contributed by atoms with Crippen LogP contribution in [0.3, 0.4) is 0 Å². The molecule has 2 unspecified atom stereocenters. The van der Waals surface area contributed by atoms with Gasteiger partial charge in [0.1, 0.15) is 5.82 Å². The van der Waals surface area contributed by atoms with Gasteiger partial charge in [-0.1, -0.05) is 19.4 Å².